The van der Waals surface area contributed by atoms with E-state index in [2.05, 4.69) is 15.9 Å². The SMILES string of the molecule is NC[C@@H]1C[C@H]1c1cc(Br)cc([N+](=O)[O-])c1. The molecule has 5 heteroatoms. The summed E-state index contributed by atoms with van der Waals surface area (Å²) < 4.78 is 0.759. The van der Waals surface area contributed by atoms with Crippen molar-refractivity contribution in [2.75, 3.05) is 6.54 Å². The molecule has 0 radical (unpaired) electrons. The number of non-ortho nitro benzene ring substituents is 1. The van der Waals surface area contributed by atoms with Crippen LogP contribution in [-0.2, 0) is 0 Å². The first-order valence-corrected chi connectivity index (χ1v) is 5.56. The van der Waals surface area contributed by atoms with E-state index >= 15 is 0 Å². The van der Waals surface area contributed by atoms with Gasteiger partial charge in [-0.15, -0.1) is 0 Å². The summed E-state index contributed by atoms with van der Waals surface area (Å²) in [5.74, 6) is 0.908. The molecule has 1 aliphatic carbocycles. The molecule has 0 aromatic heterocycles. The molecule has 0 saturated heterocycles. The Labute approximate surface area is 95.7 Å². The van der Waals surface area contributed by atoms with Crippen LogP contribution in [0.3, 0.4) is 0 Å². The lowest BCUT2D eigenvalue weighted by molar-refractivity contribution is -0.385. The van der Waals surface area contributed by atoms with Gasteiger partial charge in [0, 0.05) is 16.6 Å². The minimum absolute atomic E-state index is 0.141. The Hall–Kier alpha value is -0.940. The van der Waals surface area contributed by atoms with E-state index < -0.39 is 0 Å². The van der Waals surface area contributed by atoms with Gasteiger partial charge in [0.05, 0.1) is 4.92 Å². The smallest absolute Gasteiger partial charge is 0.270 e. The highest BCUT2D eigenvalue weighted by Gasteiger charge is 2.37. The molecule has 0 bridgehead atoms. The predicted molar refractivity (Wildman–Crippen MR) is 60.7 cm³/mol. The van der Waals surface area contributed by atoms with Gasteiger partial charge in [-0.25, -0.2) is 0 Å². The van der Waals surface area contributed by atoms with E-state index in [4.69, 9.17) is 5.73 Å². The summed E-state index contributed by atoms with van der Waals surface area (Å²) in [7, 11) is 0. The van der Waals surface area contributed by atoms with E-state index in [0.29, 0.717) is 18.4 Å². The zero-order valence-corrected chi connectivity index (χ0v) is 9.61. The van der Waals surface area contributed by atoms with Crippen LogP contribution in [0.25, 0.3) is 0 Å². The first kappa shape index (κ1) is 10.6. The highest BCUT2D eigenvalue weighted by molar-refractivity contribution is 9.10. The van der Waals surface area contributed by atoms with Crippen LogP contribution in [0.1, 0.15) is 17.9 Å². The van der Waals surface area contributed by atoms with Crippen LogP contribution < -0.4 is 5.73 Å². The fourth-order valence-electron chi connectivity index (χ4n) is 1.83. The fourth-order valence-corrected chi connectivity index (χ4v) is 2.33. The van der Waals surface area contributed by atoms with Crippen LogP contribution in [0.5, 0.6) is 0 Å². The van der Waals surface area contributed by atoms with E-state index in [1.807, 2.05) is 6.07 Å². The van der Waals surface area contributed by atoms with Crippen molar-refractivity contribution >= 4 is 21.6 Å². The van der Waals surface area contributed by atoms with Crippen molar-refractivity contribution in [3.05, 3.63) is 38.3 Å². The van der Waals surface area contributed by atoms with Gasteiger partial charge in [-0.3, -0.25) is 10.1 Å². The molecule has 15 heavy (non-hydrogen) atoms. The molecule has 4 nitrogen and oxygen atoms in total. The minimum atomic E-state index is -0.367. The number of hydrogen-bond donors (Lipinski definition) is 1. The Balaban J connectivity index is 2.29. The van der Waals surface area contributed by atoms with Crippen molar-refractivity contribution in [3.8, 4) is 0 Å². The summed E-state index contributed by atoms with van der Waals surface area (Å²) in [5.41, 5.74) is 6.71. The zero-order chi connectivity index (χ0) is 11.0. The van der Waals surface area contributed by atoms with Crippen LogP contribution in [0, 0.1) is 16.0 Å². The monoisotopic (exact) mass is 270 g/mol. The molecule has 0 aliphatic heterocycles. The third kappa shape index (κ3) is 2.18. The van der Waals surface area contributed by atoms with Gasteiger partial charge < -0.3 is 5.73 Å². The number of hydrogen-bond acceptors (Lipinski definition) is 3. The lowest BCUT2D eigenvalue weighted by Crippen LogP contribution is -2.02. The van der Waals surface area contributed by atoms with E-state index in [9.17, 15) is 10.1 Å². The Morgan fingerprint density at radius 1 is 1.53 bits per heavy atom. The highest BCUT2D eigenvalue weighted by atomic mass is 79.9. The maximum Gasteiger partial charge on any atom is 0.270 e. The van der Waals surface area contributed by atoms with Crippen molar-refractivity contribution in [1.29, 1.82) is 0 Å². The normalized spacial score (nSPS) is 23.9. The molecule has 0 unspecified atom stereocenters. The molecular weight excluding hydrogens is 260 g/mol. The Morgan fingerprint density at radius 2 is 2.27 bits per heavy atom. The molecule has 0 heterocycles. The van der Waals surface area contributed by atoms with Gasteiger partial charge >= 0.3 is 0 Å². The summed E-state index contributed by atoms with van der Waals surface area (Å²) in [6, 6.07) is 5.10. The summed E-state index contributed by atoms with van der Waals surface area (Å²) in [5, 5.41) is 10.7. The maximum atomic E-state index is 10.7. The van der Waals surface area contributed by atoms with E-state index in [-0.39, 0.29) is 10.6 Å². The van der Waals surface area contributed by atoms with Gasteiger partial charge in [0.2, 0.25) is 0 Å². The molecular formula is C10H11BrN2O2. The minimum Gasteiger partial charge on any atom is -0.330 e. The zero-order valence-electron chi connectivity index (χ0n) is 8.02. The van der Waals surface area contributed by atoms with Crippen molar-refractivity contribution in [1.82, 2.24) is 0 Å². The summed E-state index contributed by atoms with van der Waals surface area (Å²) in [6.07, 6.45) is 1.05. The standard InChI is InChI=1S/C10H11BrN2O2/c11-8-1-6(10-3-7(10)5-12)2-9(4-8)13(14)15/h1-2,4,7,10H,3,5,12H2/t7-,10-/m0/s1. The summed E-state index contributed by atoms with van der Waals surface area (Å²) >= 11 is 3.28. The van der Waals surface area contributed by atoms with E-state index in [0.717, 1.165) is 16.5 Å². The average molecular weight is 271 g/mol. The lowest BCUT2D eigenvalue weighted by atomic mass is 10.1. The second kappa shape index (κ2) is 3.90. The summed E-state index contributed by atoms with van der Waals surface area (Å²) in [4.78, 5) is 10.3. The molecule has 80 valence electrons. The number of halogens is 1. The lowest BCUT2D eigenvalue weighted by Gasteiger charge is -2.01. The number of nitro groups is 1. The highest BCUT2D eigenvalue weighted by Crippen LogP contribution is 2.47. The molecule has 2 atom stereocenters. The second-order valence-corrected chi connectivity index (χ2v) is 4.75. The third-order valence-electron chi connectivity index (χ3n) is 2.77. The molecule has 1 aromatic carbocycles. The molecule has 0 amide bonds. The van der Waals surface area contributed by atoms with Crippen molar-refractivity contribution in [2.45, 2.75) is 12.3 Å². The molecule has 1 aromatic rings. The average Bonchev–Trinajstić information content (AvgIpc) is 2.95. The first-order chi connectivity index (χ1) is 7.11. The second-order valence-electron chi connectivity index (χ2n) is 3.84. The van der Waals surface area contributed by atoms with Crippen LogP contribution in [0.4, 0.5) is 5.69 Å². The predicted octanol–water partition coefficient (Wildman–Crippen LogP) is 2.42. The van der Waals surface area contributed by atoms with Crippen molar-refractivity contribution < 1.29 is 4.92 Å². The van der Waals surface area contributed by atoms with E-state index in [1.54, 1.807) is 6.07 Å². The molecule has 1 saturated carbocycles. The van der Waals surface area contributed by atoms with Gasteiger partial charge in [0.25, 0.3) is 5.69 Å². The Kier molecular flexibility index (Phi) is 2.75. The van der Waals surface area contributed by atoms with E-state index in [1.165, 1.54) is 6.07 Å². The Bertz CT molecular complexity index is 408. The largest absolute Gasteiger partial charge is 0.330 e. The Morgan fingerprint density at radius 3 is 2.80 bits per heavy atom. The number of nitro benzene ring substituents is 1. The summed E-state index contributed by atoms with van der Waals surface area (Å²) in [6.45, 7) is 0.658. The number of nitrogens with two attached hydrogens (primary N) is 1. The number of rotatable bonds is 3. The van der Waals surface area contributed by atoms with Gasteiger partial charge in [-0.1, -0.05) is 15.9 Å². The molecule has 1 aliphatic rings. The van der Waals surface area contributed by atoms with Crippen LogP contribution in [-0.4, -0.2) is 11.5 Å². The maximum absolute atomic E-state index is 10.7. The fraction of sp³-hybridized carbons (Fsp3) is 0.400. The van der Waals surface area contributed by atoms with Crippen LogP contribution in [0.2, 0.25) is 0 Å². The molecule has 0 spiro atoms. The van der Waals surface area contributed by atoms with Crippen molar-refractivity contribution in [3.63, 3.8) is 0 Å². The third-order valence-corrected chi connectivity index (χ3v) is 3.23. The number of benzene rings is 1. The van der Waals surface area contributed by atoms with Crippen molar-refractivity contribution in [2.24, 2.45) is 11.7 Å². The van der Waals surface area contributed by atoms with Crippen LogP contribution in [0.15, 0.2) is 22.7 Å². The quantitative estimate of drug-likeness (QED) is 0.678. The molecule has 2 N–H and O–H groups in total. The first-order valence-electron chi connectivity index (χ1n) is 4.76. The topological polar surface area (TPSA) is 69.2 Å². The van der Waals surface area contributed by atoms with Crippen LogP contribution >= 0.6 is 15.9 Å². The molecule has 2 rings (SSSR count). The number of nitrogens with zero attached hydrogens (tertiary/aromatic N) is 1. The van der Waals surface area contributed by atoms with Gasteiger partial charge in [-0.2, -0.15) is 0 Å². The van der Waals surface area contributed by atoms with Gasteiger partial charge in [0.1, 0.15) is 0 Å². The molecule has 1 fully saturated rings. The van der Waals surface area contributed by atoms with Gasteiger partial charge in [-0.05, 0) is 36.4 Å². The van der Waals surface area contributed by atoms with Gasteiger partial charge in [0.15, 0.2) is 0 Å².